The van der Waals surface area contributed by atoms with Crippen LogP contribution in [0.15, 0.2) is 65.6 Å². The molecule has 9 nitrogen and oxygen atoms in total. The first kappa shape index (κ1) is 26.4. The second kappa shape index (κ2) is 11.1. The summed E-state index contributed by atoms with van der Waals surface area (Å²) in [5, 5.41) is 10.8. The number of nitro groups is 1. The Hall–Kier alpha value is -3.71. The molecule has 1 heterocycles. The van der Waals surface area contributed by atoms with E-state index in [0.29, 0.717) is 14.7 Å². The number of halogens is 1. The summed E-state index contributed by atoms with van der Waals surface area (Å²) >= 11 is 2.74. The van der Waals surface area contributed by atoms with E-state index < -0.39 is 22.0 Å². The maximum absolute atomic E-state index is 13.0. The third kappa shape index (κ3) is 5.83. The third-order valence-corrected chi connectivity index (χ3v) is 7.13. The van der Waals surface area contributed by atoms with E-state index in [-0.39, 0.29) is 34.2 Å². The predicted octanol–water partition coefficient (Wildman–Crippen LogP) is 5.97. The number of nitrogens with zero attached hydrogens (tertiary/aromatic N) is 2. The van der Waals surface area contributed by atoms with E-state index in [1.165, 1.54) is 31.4 Å². The number of rotatable bonds is 7. The molecule has 0 atom stereocenters. The number of esters is 1. The van der Waals surface area contributed by atoms with Gasteiger partial charge in [-0.25, -0.2) is 4.79 Å². The van der Waals surface area contributed by atoms with Crippen molar-refractivity contribution in [2.24, 2.45) is 0 Å². The lowest BCUT2D eigenvalue weighted by atomic mass is 10.1. The topological polar surface area (TPSA) is 116 Å². The quantitative estimate of drug-likeness (QED) is 0.0783. The number of imide groups is 1. The number of carbonyl (C=O) groups excluding carboxylic acids is 3. The Labute approximate surface area is 229 Å². The van der Waals surface area contributed by atoms with Crippen molar-refractivity contribution in [1.82, 2.24) is 4.90 Å². The molecule has 37 heavy (non-hydrogen) atoms. The van der Waals surface area contributed by atoms with Crippen LogP contribution in [0.1, 0.15) is 27.0 Å². The van der Waals surface area contributed by atoms with Crippen LogP contribution in [0.2, 0.25) is 0 Å². The number of amides is 2. The molecule has 0 bridgehead atoms. The van der Waals surface area contributed by atoms with Crippen LogP contribution in [0.5, 0.6) is 11.5 Å². The van der Waals surface area contributed by atoms with Crippen LogP contribution in [-0.4, -0.2) is 34.0 Å². The first-order valence-electron chi connectivity index (χ1n) is 10.8. The average Bonchev–Trinajstić information content (AvgIpc) is 3.13. The minimum absolute atomic E-state index is 0.158. The highest BCUT2D eigenvalue weighted by atomic mass is 127. The number of aryl methyl sites for hydroxylation is 1. The van der Waals surface area contributed by atoms with Crippen LogP contribution in [0, 0.1) is 20.6 Å². The zero-order chi connectivity index (χ0) is 26.7. The molecular formula is C26H19IN2O7S. The fourth-order valence-corrected chi connectivity index (χ4v) is 5.12. The van der Waals surface area contributed by atoms with Crippen LogP contribution >= 0.6 is 34.4 Å². The second-order valence-electron chi connectivity index (χ2n) is 7.94. The number of carbonyl (C=O) groups is 3. The Bertz CT molecular complexity index is 1450. The number of hydrogen-bond acceptors (Lipinski definition) is 8. The van der Waals surface area contributed by atoms with E-state index in [2.05, 4.69) is 0 Å². The molecule has 0 spiro atoms. The van der Waals surface area contributed by atoms with Gasteiger partial charge in [0.25, 0.3) is 16.8 Å². The van der Waals surface area contributed by atoms with Crippen molar-refractivity contribution in [1.29, 1.82) is 0 Å². The van der Waals surface area contributed by atoms with Crippen LogP contribution in [0.25, 0.3) is 6.08 Å². The summed E-state index contributed by atoms with van der Waals surface area (Å²) in [6.45, 7) is 1.70. The molecule has 188 valence electrons. The van der Waals surface area contributed by atoms with Crippen molar-refractivity contribution in [2.45, 2.75) is 13.5 Å². The number of benzene rings is 3. The number of methoxy groups -OCH3 is 1. The molecule has 0 unspecified atom stereocenters. The molecule has 4 rings (SSSR count). The predicted molar refractivity (Wildman–Crippen MR) is 146 cm³/mol. The maximum atomic E-state index is 13.0. The first-order valence-corrected chi connectivity index (χ1v) is 12.7. The molecule has 0 radical (unpaired) electrons. The van der Waals surface area contributed by atoms with Gasteiger partial charge in [-0.15, -0.1) is 0 Å². The number of para-hydroxylation sites is 1. The summed E-state index contributed by atoms with van der Waals surface area (Å²) in [6.07, 6.45) is 1.53. The summed E-state index contributed by atoms with van der Waals surface area (Å²) in [5.74, 6) is -0.592. The van der Waals surface area contributed by atoms with E-state index >= 15 is 0 Å². The average molecular weight is 630 g/mol. The van der Waals surface area contributed by atoms with Crippen molar-refractivity contribution in [2.75, 3.05) is 7.11 Å². The lowest BCUT2D eigenvalue weighted by Gasteiger charge is -2.13. The Morgan fingerprint density at radius 3 is 2.51 bits per heavy atom. The van der Waals surface area contributed by atoms with Gasteiger partial charge in [-0.05, 0) is 77.2 Å². The Morgan fingerprint density at radius 2 is 1.84 bits per heavy atom. The second-order valence-corrected chi connectivity index (χ2v) is 10.1. The van der Waals surface area contributed by atoms with Crippen molar-refractivity contribution in [3.05, 3.63) is 102 Å². The number of ether oxygens (including phenoxy) is 2. The lowest BCUT2D eigenvalue weighted by Crippen LogP contribution is -2.27. The number of hydrogen-bond donors (Lipinski definition) is 0. The largest absolute Gasteiger partial charge is 0.493 e. The van der Waals surface area contributed by atoms with Gasteiger partial charge in [-0.1, -0.05) is 35.9 Å². The van der Waals surface area contributed by atoms with Gasteiger partial charge >= 0.3 is 5.97 Å². The van der Waals surface area contributed by atoms with Crippen molar-refractivity contribution in [3.8, 4) is 11.5 Å². The van der Waals surface area contributed by atoms with Gasteiger partial charge in [0.05, 0.1) is 32.6 Å². The molecule has 0 aliphatic carbocycles. The van der Waals surface area contributed by atoms with Gasteiger partial charge in [0, 0.05) is 11.6 Å². The molecule has 1 aliphatic heterocycles. The summed E-state index contributed by atoms with van der Waals surface area (Å²) in [6, 6.07) is 16.2. The molecule has 3 aromatic carbocycles. The maximum Gasteiger partial charge on any atom is 0.343 e. The molecular weight excluding hydrogens is 611 g/mol. The molecule has 1 saturated heterocycles. The number of thioether (sulfide) groups is 1. The summed E-state index contributed by atoms with van der Waals surface area (Å²) in [7, 11) is 1.43. The molecule has 0 saturated carbocycles. The van der Waals surface area contributed by atoms with Crippen LogP contribution in [0.3, 0.4) is 0 Å². The highest BCUT2D eigenvalue weighted by molar-refractivity contribution is 14.1. The zero-order valence-corrected chi connectivity index (χ0v) is 22.6. The minimum atomic E-state index is -0.558. The van der Waals surface area contributed by atoms with E-state index in [1.807, 2.05) is 41.6 Å². The summed E-state index contributed by atoms with van der Waals surface area (Å²) in [4.78, 5) is 50.0. The molecule has 1 fully saturated rings. The zero-order valence-electron chi connectivity index (χ0n) is 19.6. The van der Waals surface area contributed by atoms with Gasteiger partial charge < -0.3 is 9.47 Å². The van der Waals surface area contributed by atoms with Gasteiger partial charge in [0.2, 0.25) is 0 Å². The Morgan fingerprint density at radius 1 is 1.14 bits per heavy atom. The standard InChI is InChI=1S/C26H19IN2O7S/c1-15-7-9-17(10-8-15)25(31)36-23-19(27)11-16(12-21(23)35-2)13-22-24(30)28(26(32)37-22)14-18-5-3-4-6-20(18)29(33)34/h3-13H,14H2,1-2H3/b22-13-. The Kier molecular flexibility index (Phi) is 7.93. The van der Waals surface area contributed by atoms with E-state index in [9.17, 15) is 24.5 Å². The van der Waals surface area contributed by atoms with E-state index in [1.54, 1.807) is 30.3 Å². The van der Waals surface area contributed by atoms with Gasteiger partial charge in [-0.3, -0.25) is 24.6 Å². The normalized spacial score (nSPS) is 14.2. The van der Waals surface area contributed by atoms with Gasteiger partial charge in [0.1, 0.15) is 0 Å². The van der Waals surface area contributed by atoms with Crippen molar-refractivity contribution >= 4 is 63.2 Å². The molecule has 0 aromatic heterocycles. The van der Waals surface area contributed by atoms with Crippen molar-refractivity contribution < 1.29 is 28.8 Å². The minimum Gasteiger partial charge on any atom is -0.493 e. The fraction of sp³-hybridized carbons (Fsp3) is 0.115. The molecule has 2 amide bonds. The van der Waals surface area contributed by atoms with Gasteiger partial charge in [-0.2, -0.15) is 0 Å². The third-order valence-electron chi connectivity index (χ3n) is 5.42. The first-order chi connectivity index (χ1) is 17.7. The van der Waals surface area contributed by atoms with Crippen LogP contribution in [-0.2, 0) is 11.3 Å². The van der Waals surface area contributed by atoms with Crippen LogP contribution in [0.4, 0.5) is 10.5 Å². The molecule has 11 heteroatoms. The smallest absolute Gasteiger partial charge is 0.343 e. The van der Waals surface area contributed by atoms with E-state index in [4.69, 9.17) is 9.47 Å². The molecule has 0 N–H and O–H groups in total. The lowest BCUT2D eigenvalue weighted by molar-refractivity contribution is -0.385. The highest BCUT2D eigenvalue weighted by Crippen LogP contribution is 2.38. The van der Waals surface area contributed by atoms with Gasteiger partial charge in [0.15, 0.2) is 11.5 Å². The monoisotopic (exact) mass is 630 g/mol. The SMILES string of the molecule is COc1cc(/C=C2\SC(=O)N(Cc3ccccc3[N+](=O)[O-])C2=O)cc(I)c1OC(=O)c1ccc(C)cc1. The Balaban J connectivity index is 1.57. The molecule has 3 aromatic rings. The van der Waals surface area contributed by atoms with Crippen molar-refractivity contribution in [3.63, 3.8) is 0 Å². The molecule has 1 aliphatic rings. The highest BCUT2D eigenvalue weighted by Gasteiger charge is 2.36. The summed E-state index contributed by atoms with van der Waals surface area (Å²) < 4.78 is 11.6. The summed E-state index contributed by atoms with van der Waals surface area (Å²) in [5.41, 5.74) is 2.04. The fourth-order valence-electron chi connectivity index (χ4n) is 3.54. The van der Waals surface area contributed by atoms with Crippen LogP contribution < -0.4 is 9.47 Å². The number of nitro benzene ring substituents is 1. The van der Waals surface area contributed by atoms with E-state index in [0.717, 1.165) is 22.2 Å².